The number of ether oxygens (including phenoxy) is 2. The molecule has 0 aliphatic carbocycles. The molecule has 1 fully saturated rings. The summed E-state index contributed by atoms with van der Waals surface area (Å²) >= 11 is 0. The van der Waals surface area contributed by atoms with Gasteiger partial charge in [0, 0.05) is 6.54 Å². The number of aryl methyl sites for hydroxylation is 2. The van der Waals surface area contributed by atoms with Crippen molar-refractivity contribution in [1.82, 2.24) is 4.90 Å². The maximum Gasteiger partial charge on any atom is 0.328 e. The lowest BCUT2D eigenvalue weighted by atomic mass is 10.1. The number of hydrogen-bond acceptors (Lipinski definition) is 4. The highest BCUT2D eigenvalue weighted by molar-refractivity contribution is 5.84. The van der Waals surface area contributed by atoms with Crippen molar-refractivity contribution in [1.29, 1.82) is 0 Å². The molecule has 0 aromatic heterocycles. The van der Waals surface area contributed by atoms with Crippen molar-refractivity contribution >= 4 is 11.9 Å². The number of benzene rings is 1. The van der Waals surface area contributed by atoms with E-state index >= 15 is 0 Å². The van der Waals surface area contributed by atoms with Crippen molar-refractivity contribution in [2.45, 2.75) is 19.9 Å². The van der Waals surface area contributed by atoms with Gasteiger partial charge in [0.05, 0.1) is 13.2 Å². The summed E-state index contributed by atoms with van der Waals surface area (Å²) in [4.78, 5) is 24.6. The number of morpholine rings is 1. The molecular formula is C15H19NO5. The summed E-state index contributed by atoms with van der Waals surface area (Å²) in [7, 11) is 0. The summed E-state index contributed by atoms with van der Waals surface area (Å²) in [6.07, 6.45) is 0. The minimum atomic E-state index is -1.06. The van der Waals surface area contributed by atoms with E-state index in [-0.39, 0.29) is 25.7 Å². The van der Waals surface area contributed by atoms with Crippen LogP contribution in [0.2, 0.25) is 0 Å². The second kappa shape index (κ2) is 6.58. The van der Waals surface area contributed by atoms with Crippen molar-refractivity contribution < 1.29 is 24.2 Å². The molecule has 0 bridgehead atoms. The van der Waals surface area contributed by atoms with Crippen molar-refractivity contribution in [3.8, 4) is 5.75 Å². The van der Waals surface area contributed by atoms with Crippen LogP contribution in [-0.4, -0.2) is 54.3 Å². The SMILES string of the molecule is Cc1ccc(C)c(OCC(=O)N2CCOC[C@H]2C(=O)O)c1. The molecule has 1 saturated heterocycles. The van der Waals surface area contributed by atoms with E-state index in [0.717, 1.165) is 11.1 Å². The van der Waals surface area contributed by atoms with Gasteiger partial charge < -0.3 is 19.5 Å². The lowest BCUT2D eigenvalue weighted by Gasteiger charge is -2.32. The molecule has 0 unspecified atom stereocenters. The third-order valence-electron chi connectivity index (χ3n) is 3.43. The van der Waals surface area contributed by atoms with Crippen molar-refractivity contribution in [3.05, 3.63) is 29.3 Å². The highest BCUT2D eigenvalue weighted by Crippen LogP contribution is 2.19. The number of amides is 1. The quantitative estimate of drug-likeness (QED) is 0.896. The van der Waals surface area contributed by atoms with Gasteiger partial charge in [0.25, 0.3) is 5.91 Å². The minimum Gasteiger partial charge on any atom is -0.483 e. The van der Waals surface area contributed by atoms with Gasteiger partial charge in [0.15, 0.2) is 12.6 Å². The Balaban J connectivity index is 2.00. The van der Waals surface area contributed by atoms with Crippen molar-refractivity contribution in [3.63, 3.8) is 0 Å². The molecule has 1 aromatic carbocycles. The van der Waals surface area contributed by atoms with Crippen molar-refractivity contribution in [2.24, 2.45) is 0 Å². The Labute approximate surface area is 123 Å². The third kappa shape index (κ3) is 3.72. The van der Waals surface area contributed by atoms with Gasteiger partial charge in [0.2, 0.25) is 0 Å². The molecule has 0 saturated carbocycles. The van der Waals surface area contributed by atoms with Crippen LogP contribution in [0.1, 0.15) is 11.1 Å². The Kier molecular flexibility index (Phi) is 4.80. The van der Waals surface area contributed by atoms with Crippen molar-refractivity contribution in [2.75, 3.05) is 26.4 Å². The van der Waals surface area contributed by atoms with Crippen LogP contribution in [0.3, 0.4) is 0 Å². The van der Waals surface area contributed by atoms with Gasteiger partial charge in [-0.2, -0.15) is 0 Å². The smallest absolute Gasteiger partial charge is 0.328 e. The summed E-state index contributed by atoms with van der Waals surface area (Å²) in [6, 6.07) is 4.81. The average Bonchev–Trinajstić information content (AvgIpc) is 2.47. The molecule has 2 rings (SSSR count). The van der Waals surface area contributed by atoms with Crippen LogP contribution in [0.15, 0.2) is 18.2 Å². The predicted octanol–water partition coefficient (Wildman–Crippen LogP) is 0.994. The molecule has 6 heteroatoms. The number of hydrogen-bond donors (Lipinski definition) is 1. The molecule has 21 heavy (non-hydrogen) atoms. The molecule has 0 radical (unpaired) electrons. The molecule has 114 valence electrons. The fraction of sp³-hybridized carbons (Fsp3) is 0.467. The first-order valence-corrected chi connectivity index (χ1v) is 6.79. The molecule has 0 spiro atoms. The lowest BCUT2D eigenvalue weighted by Crippen LogP contribution is -2.53. The van der Waals surface area contributed by atoms with E-state index in [1.807, 2.05) is 32.0 Å². The highest BCUT2D eigenvalue weighted by Gasteiger charge is 2.32. The molecular weight excluding hydrogens is 274 g/mol. The Morgan fingerprint density at radius 2 is 2.19 bits per heavy atom. The summed E-state index contributed by atoms with van der Waals surface area (Å²) in [5, 5.41) is 9.11. The lowest BCUT2D eigenvalue weighted by molar-refractivity contribution is -0.159. The minimum absolute atomic E-state index is 0.0184. The number of rotatable bonds is 4. The summed E-state index contributed by atoms with van der Waals surface area (Å²) in [5.41, 5.74) is 1.97. The summed E-state index contributed by atoms with van der Waals surface area (Å²) in [6.45, 7) is 4.30. The third-order valence-corrected chi connectivity index (χ3v) is 3.43. The van der Waals surface area contributed by atoms with Gasteiger partial charge in [0.1, 0.15) is 5.75 Å². The van der Waals surface area contributed by atoms with Gasteiger partial charge in [-0.1, -0.05) is 12.1 Å². The zero-order valence-corrected chi connectivity index (χ0v) is 12.2. The van der Waals surface area contributed by atoms with Crippen LogP contribution >= 0.6 is 0 Å². The maximum absolute atomic E-state index is 12.2. The fourth-order valence-electron chi connectivity index (χ4n) is 2.19. The first-order chi connectivity index (χ1) is 9.99. The first kappa shape index (κ1) is 15.3. The Hall–Kier alpha value is -2.08. The normalized spacial score (nSPS) is 18.4. The molecule has 1 aromatic rings. The monoisotopic (exact) mass is 293 g/mol. The van der Waals surface area contributed by atoms with E-state index in [4.69, 9.17) is 14.6 Å². The van der Waals surface area contributed by atoms with Crippen LogP contribution in [0.5, 0.6) is 5.75 Å². The zero-order valence-electron chi connectivity index (χ0n) is 12.2. The van der Waals surface area contributed by atoms with Gasteiger partial charge in [-0.15, -0.1) is 0 Å². The van der Waals surface area contributed by atoms with Crippen LogP contribution in [0, 0.1) is 13.8 Å². The van der Waals surface area contributed by atoms with E-state index in [2.05, 4.69) is 0 Å². The molecule has 6 nitrogen and oxygen atoms in total. The largest absolute Gasteiger partial charge is 0.483 e. The van der Waals surface area contributed by atoms with E-state index < -0.39 is 12.0 Å². The molecule has 1 aliphatic rings. The first-order valence-electron chi connectivity index (χ1n) is 6.79. The standard InChI is InChI=1S/C15H19NO5/c1-10-3-4-11(2)13(7-10)21-9-14(17)16-5-6-20-8-12(16)15(18)19/h3-4,7,12H,5-6,8-9H2,1-2H3,(H,18,19)/t12-/m0/s1. The van der Waals surface area contributed by atoms with E-state index in [9.17, 15) is 9.59 Å². The topological polar surface area (TPSA) is 76.1 Å². The van der Waals surface area contributed by atoms with Crippen LogP contribution < -0.4 is 4.74 Å². The molecule has 1 aliphatic heterocycles. The molecule has 1 atom stereocenters. The number of carboxylic acids is 1. The zero-order chi connectivity index (χ0) is 15.4. The second-order valence-electron chi connectivity index (χ2n) is 5.07. The van der Waals surface area contributed by atoms with E-state index in [1.54, 1.807) is 0 Å². The van der Waals surface area contributed by atoms with E-state index in [0.29, 0.717) is 12.4 Å². The number of carbonyl (C=O) groups is 2. The summed E-state index contributed by atoms with van der Waals surface area (Å²) in [5.74, 6) is -0.759. The molecule has 1 heterocycles. The Bertz CT molecular complexity index is 543. The second-order valence-corrected chi connectivity index (χ2v) is 5.07. The van der Waals surface area contributed by atoms with E-state index in [1.165, 1.54) is 4.90 Å². The molecule has 1 N–H and O–H groups in total. The van der Waals surface area contributed by atoms with Gasteiger partial charge >= 0.3 is 5.97 Å². The maximum atomic E-state index is 12.2. The van der Waals surface area contributed by atoms with Gasteiger partial charge in [-0.25, -0.2) is 4.79 Å². The number of nitrogens with zero attached hydrogens (tertiary/aromatic N) is 1. The Morgan fingerprint density at radius 3 is 2.90 bits per heavy atom. The average molecular weight is 293 g/mol. The predicted molar refractivity (Wildman–Crippen MR) is 75.4 cm³/mol. The van der Waals surface area contributed by atoms with Crippen LogP contribution in [-0.2, 0) is 14.3 Å². The Morgan fingerprint density at radius 1 is 1.43 bits per heavy atom. The van der Waals surface area contributed by atoms with Gasteiger partial charge in [-0.05, 0) is 31.0 Å². The fourth-order valence-corrected chi connectivity index (χ4v) is 2.19. The van der Waals surface area contributed by atoms with Crippen LogP contribution in [0.4, 0.5) is 0 Å². The number of carbonyl (C=O) groups excluding carboxylic acids is 1. The number of aliphatic carboxylic acids is 1. The molecule has 1 amide bonds. The highest BCUT2D eigenvalue weighted by atomic mass is 16.5. The number of carboxylic acid groups (broad SMARTS) is 1. The van der Waals surface area contributed by atoms with Gasteiger partial charge in [-0.3, -0.25) is 4.79 Å². The summed E-state index contributed by atoms with van der Waals surface area (Å²) < 4.78 is 10.6. The van der Waals surface area contributed by atoms with Crippen LogP contribution in [0.25, 0.3) is 0 Å².